The van der Waals surface area contributed by atoms with Gasteiger partial charge in [-0.2, -0.15) is 5.26 Å². The molecule has 0 atom stereocenters. The molecule has 3 aromatic carbocycles. The molecule has 0 bridgehead atoms. The summed E-state index contributed by atoms with van der Waals surface area (Å²) in [7, 11) is -4.11. The molecule has 3 rings (SSSR count). The molecule has 0 saturated heterocycles. The van der Waals surface area contributed by atoms with E-state index in [4.69, 9.17) is 26.7 Å². The highest BCUT2D eigenvalue weighted by Gasteiger charge is 2.17. The maximum absolute atomic E-state index is 13.2. The number of hydrogen-bond acceptors (Lipinski definition) is 5. The highest BCUT2D eigenvalue weighted by atomic mass is 35.5. The van der Waals surface area contributed by atoms with E-state index in [1.165, 1.54) is 30.3 Å². The molecule has 10 heteroatoms. The molecule has 0 unspecified atom stereocenters. The Balaban J connectivity index is 1.75. The molecule has 3 aromatic rings. The third-order valence-electron chi connectivity index (χ3n) is 4.40. The molecule has 0 saturated carbocycles. The number of benzene rings is 3. The van der Waals surface area contributed by atoms with Gasteiger partial charge in [0.2, 0.25) is 15.9 Å². The summed E-state index contributed by atoms with van der Waals surface area (Å²) in [6.07, 6.45) is -0.132. The van der Waals surface area contributed by atoms with Gasteiger partial charge in [-0.3, -0.25) is 4.79 Å². The van der Waals surface area contributed by atoms with Crippen molar-refractivity contribution in [2.24, 2.45) is 5.14 Å². The van der Waals surface area contributed by atoms with Crippen LogP contribution in [0.25, 0.3) is 0 Å². The Labute approximate surface area is 189 Å². The second-order valence-corrected chi connectivity index (χ2v) is 8.69. The van der Waals surface area contributed by atoms with Gasteiger partial charge in [-0.05, 0) is 54.1 Å². The van der Waals surface area contributed by atoms with Gasteiger partial charge in [-0.15, -0.1) is 0 Å². The lowest BCUT2D eigenvalue weighted by Crippen LogP contribution is -2.18. The van der Waals surface area contributed by atoms with Gasteiger partial charge in [-0.1, -0.05) is 23.7 Å². The third-order valence-corrected chi connectivity index (χ3v) is 5.75. The van der Waals surface area contributed by atoms with Gasteiger partial charge in [0.25, 0.3) is 0 Å². The van der Waals surface area contributed by atoms with Gasteiger partial charge < -0.3 is 10.1 Å². The van der Waals surface area contributed by atoms with Crippen molar-refractivity contribution in [3.05, 3.63) is 88.2 Å². The predicted octanol–water partition coefficient (Wildman–Crippen LogP) is 3.76. The largest absolute Gasteiger partial charge is 0.489 e. The van der Waals surface area contributed by atoms with Crippen LogP contribution in [0, 0.1) is 17.1 Å². The predicted molar refractivity (Wildman–Crippen MR) is 117 cm³/mol. The monoisotopic (exact) mass is 473 g/mol. The van der Waals surface area contributed by atoms with Crippen molar-refractivity contribution in [3.63, 3.8) is 0 Å². The number of amides is 1. The Kier molecular flexibility index (Phi) is 7.10. The van der Waals surface area contributed by atoms with Gasteiger partial charge in [0.05, 0.1) is 22.9 Å². The molecule has 0 spiro atoms. The molecule has 0 aliphatic carbocycles. The standard InChI is InChI=1S/C22H17ClFN3O4S/c23-20-10-17(24)5-3-15(20)9-22(28)27-18-6-4-16(21(11-18)32(26,29)30)13-31-19-7-1-14(12-25)2-8-19/h1-8,10-11H,9,13H2,(H,27,28)(H2,26,29,30). The minimum atomic E-state index is -4.11. The SMILES string of the molecule is N#Cc1ccc(OCc2ccc(NC(=O)Cc3ccc(F)cc3Cl)cc2S(N)(=O)=O)cc1. The topological polar surface area (TPSA) is 122 Å². The van der Waals surface area contributed by atoms with Crippen LogP contribution in [-0.4, -0.2) is 14.3 Å². The van der Waals surface area contributed by atoms with Crippen molar-refractivity contribution in [1.82, 2.24) is 0 Å². The molecule has 7 nitrogen and oxygen atoms in total. The van der Waals surface area contributed by atoms with E-state index in [0.29, 0.717) is 16.9 Å². The van der Waals surface area contributed by atoms with Crippen LogP contribution in [0.3, 0.4) is 0 Å². The first-order valence-electron chi connectivity index (χ1n) is 9.18. The number of nitrogens with zero attached hydrogens (tertiary/aromatic N) is 1. The molecule has 0 heterocycles. The molecule has 32 heavy (non-hydrogen) atoms. The number of nitriles is 1. The van der Waals surface area contributed by atoms with Crippen LogP contribution < -0.4 is 15.2 Å². The first kappa shape index (κ1) is 23.2. The summed E-state index contributed by atoms with van der Waals surface area (Å²) in [5, 5.41) is 16.9. The fraction of sp³-hybridized carbons (Fsp3) is 0.0909. The molecule has 0 aliphatic heterocycles. The number of sulfonamides is 1. The minimum absolute atomic E-state index is 0.100. The highest BCUT2D eigenvalue weighted by molar-refractivity contribution is 7.89. The molecular weight excluding hydrogens is 457 g/mol. The van der Waals surface area contributed by atoms with Crippen LogP contribution in [-0.2, 0) is 27.8 Å². The maximum atomic E-state index is 13.2. The Bertz CT molecular complexity index is 1310. The fourth-order valence-electron chi connectivity index (χ4n) is 2.85. The van der Waals surface area contributed by atoms with Crippen molar-refractivity contribution in [1.29, 1.82) is 5.26 Å². The molecular formula is C22H17ClFN3O4S. The molecule has 0 aliphatic rings. The van der Waals surface area contributed by atoms with Crippen LogP contribution in [0.15, 0.2) is 65.6 Å². The minimum Gasteiger partial charge on any atom is -0.489 e. The Morgan fingerprint density at radius 3 is 2.41 bits per heavy atom. The summed E-state index contributed by atoms with van der Waals surface area (Å²) in [5.74, 6) is -0.547. The summed E-state index contributed by atoms with van der Waals surface area (Å²) in [6.45, 7) is -0.100. The van der Waals surface area contributed by atoms with Crippen molar-refractivity contribution in [3.8, 4) is 11.8 Å². The van der Waals surface area contributed by atoms with Gasteiger partial charge in [0.1, 0.15) is 18.2 Å². The smallest absolute Gasteiger partial charge is 0.238 e. The number of carbonyl (C=O) groups is 1. The van der Waals surface area contributed by atoms with E-state index in [1.54, 1.807) is 24.3 Å². The summed E-state index contributed by atoms with van der Waals surface area (Å²) in [4.78, 5) is 12.1. The molecule has 3 N–H and O–H groups in total. The molecule has 1 amide bonds. The van der Waals surface area contributed by atoms with Crippen LogP contribution in [0.4, 0.5) is 10.1 Å². The zero-order valence-electron chi connectivity index (χ0n) is 16.5. The summed E-state index contributed by atoms with van der Waals surface area (Å²) in [6, 6.07) is 16.2. The second kappa shape index (κ2) is 9.78. The first-order valence-corrected chi connectivity index (χ1v) is 11.1. The summed E-state index contributed by atoms with van der Waals surface area (Å²) in [5.41, 5.74) is 1.38. The number of nitrogens with one attached hydrogen (secondary N) is 1. The van der Waals surface area contributed by atoms with E-state index in [0.717, 1.165) is 6.07 Å². The van der Waals surface area contributed by atoms with E-state index in [1.807, 2.05) is 6.07 Å². The van der Waals surface area contributed by atoms with Gasteiger partial charge in [0, 0.05) is 16.3 Å². The maximum Gasteiger partial charge on any atom is 0.238 e. The Morgan fingerprint density at radius 1 is 1.09 bits per heavy atom. The number of nitrogens with two attached hydrogens (primary N) is 1. The van der Waals surface area contributed by atoms with Crippen LogP contribution in [0.1, 0.15) is 16.7 Å². The van der Waals surface area contributed by atoms with Gasteiger partial charge in [-0.25, -0.2) is 17.9 Å². The van der Waals surface area contributed by atoms with Crippen LogP contribution in [0.5, 0.6) is 5.75 Å². The van der Waals surface area contributed by atoms with E-state index >= 15 is 0 Å². The summed E-state index contributed by atoms with van der Waals surface area (Å²) < 4.78 is 42.9. The van der Waals surface area contributed by atoms with Crippen molar-refractivity contribution in [2.45, 2.75) is 17.9 Å². The number of anilines is 1. The first-order chi connectivity index (χ1) is 15.2. The van der Waals surface area contributed by atoms with E-state index in [-0.39, 0.29) is 34.2 Å². The van der Waals surface area contributed by atoms with E-state index in [9.17, 15) is 17.6 Å². The lowest BCUT2D eigenvalue weighted by Gasteiger charge is -2.13. The lowest BCUT2D eigenvalue weighted by molar-refractivity contribution is -0.115. The molecule has 0 aromatic heterocycles. The normalized spacial score (nSPS) is 10.9. The highest BCUT2D eigenvalue weighted by Crippen LogP contribution is 2.23. The second-order valence-electron chi connectivity index (χ2n) is 6.75. The average molecular weight is 474 g/mol. The molecule has 164 valence electrons. The van der Waals surface area contributed by atoms with Gasteiger partial charge in [0.15, 0.2) is 0 Å². The average Bonchev–Trinajstić information content (AvgIpc) is 2.74. The Hall–Kier alpha value is -3.45. The van der Waals surface area contributed by atoms with Crippen molar-refractivity contribution >= 4 is 33.2 Å². The molecule has 0 fully saturated rings. The zero-order valence-corrected chi connectivity index (χ0v) is 18.1. The number of rotatable bonds is 7. The third kappa shape index (κ3) is 6.04. The quantitative estimate of drug-likeness (QED) is 0.541. The zero-order chi connectivity index (χ0) is 23.3. The van der Waals surface area contributed by atoms with E-state index in [2.05, 4.69) is 5.32 Å². The molecule has 0 radical (unpaired) electrons. The fourth-order valence-corrected chi connectivity index (χ4v) is 3.86. The van der Waals surface area contributed by atoms with E-state index < -0.39 is 21.7 Å². The van der Waals surface area contributed by atoms with Crippen molar-refractivity contribution < 1.29 is 22.3 Å². The number of halogens is 2. The van der Waals surface area contributed by atoms with Crippen LogP contribution in [0.2, 0.25) is 5.02 Å². The van der Waals surface area contributed by atoms with Crippen LogP contribution >= 0.6 is 11.6 Å². The lowest BCUT2D eigenvalue weighted by atomic mass is 10.1. The number of hydrogen-bond donors (Lipinski definition) is 2. The summed E-state index contributed by atoms with van der Waals surface area (Å²) >= 11 is 5.94. The number of primary sulfonamides is 1. The number of carbonyl (C=O) groups excluding carboxylic acids is 1. The Morgan fingerprint density at radius 2 is 1.78 bits per heavy atom. The van der Waals surface area contributed by atoms with Crippen molar-refractivity contribution in [2.75, 3.05) is 5.32 Å². The number of ether oxygens (including phenoxy) is 1. The van der Waals surface area contributed by atoms with Gasteiger partial charge >= 0.3 is 0 Å².